The number of nitrogens with zero attached hydrogens (tertiary/aromatic N) is 2. The van der Waals surface area contributed by atoms with E-state index in [0.29, 0.717) is 6.61 Å². The number of hydrogen-bond donors (Lipinski definition) is 1. The minimum Gasteiger partial charge on any atom is -0.383 e. The molecule has 19 heavy (non-hydrogen) atoms. The van der Waals surface area contributed by atoms with Crippen molar-refractivity contribution < 1.29 is 4.74 Å². The smallest absolute Gasteiger partial charge is 0.0726 e. The third kappa shape index (κ3) is 3.22. The molecule has 1 heterocycles. The van der Waals surface area contributed by atoms with E-state index in [2.05, 4.69) is 46.5 Å². The Balaban J connectivity index is 2.43. The second-order valence-corrected chi connectivity index (χ2v) is 4.59. The molecule has 1 N–H and O–H groups in total. The first-order valence-corrected chi connectivity index (χ1v) is 6.49. The lowest BCUT2D eigenvalue weighted by molar-refractivity contribution is 0.206. The van der Waals surface area contributed by atoms with Gasteiger partial charge in [-0.15, -0.1) is 0 Å². The lowest BCUT2D eigenvalue weighted by Crippen LogP contribution is -2.23. The van der Waals surface area contributed by atoms with Gasteiger partial charge in [0, 0.05) is 38.3 Å². The summed E-state index contributed by atoms with van der Waals surface area (Å²) >= 11 is 0. The normalized spacial score (nSPS) is 10.9. The fraction of sp³-hybridized carbons (Fsp3) is 0.400. The van der Waals surface area contributed by atoms with Crippen LogP contribution in [-0.4, -0.2) is 39.3 Å². The fourth-order valence-electron chi connectivity index (χ4n) is 2.15. The van der Waals surface area contributed by atoms with E-state index in [1.54, 1.807) is 7.11 Å². The molecular weight excluding hydrogens is 238 g/mol. The molecule has 2 aromatic rings. The zero-order chi connectivity index (χ0) is 13.7. The van der Waals surface area contributed by atoms with Crippen LogP contribution in [0.3, 0.4) is 0 Å². The lowest BCUT2D eigenvalue weighted by Gasteiger charge is -2.21. The van der Waals surface area contributed by atoms with Crippen molar-refractivity contribution in [3.8, 4) is 0 Å². The van der Waals surface area contributed by atoms with Gasteiger partial charge in [-0.2, -0.15) is 0 Å². The van der Waals surface area contributed by atoms with Gasteiger partial charge in [-0.1, -0.05) is 18.2 Å². The van der Waals surface area contributed by atoms with Gasteiger partial charge >= 0.3 is 0 Å². The highest BCUT2D eigenvalue weighted by molar-refractivity contribution is 5.91. The highest BCUT2D eigenvalue weighted by atomic mass is 16.5. The van der Waals surface area contributed by atoms with Gasteiger partial charge in [0.15, 0.2) is 0 Å². The topological polar surface area (TPSA) is 37.4 Å². The molecule has 0 radical (unpaired) electrons. The number of fused-ring (bicyclic) bond motifs is 1. The summed E-state index contributed by atoms with van der Waals surface area (Å²) in [4.78, 5) is 6.88. The number of pyridine rings is 1. The van der Waals surface area contributed by atoms with E-state index in [9.17, 15) is 0 Å². The summed E-state index contributed by atoms with van der Waals surface area (Å²) in [5.74, 6) is 0. The number of hydrogen-bond acceptors (Lipinski definition) is 4. The molecule has 4 heteroatoms. The molecule has 0 aliphatic rings. The van der Waals surface area contributed by atoms with Crippen LogP contribution in [0.4, 0.5) is 5.69 Å². The molecule has 2 rings (SSSR count). The second kappa shape index (κ2) is 6.50. The summed E-state index contributed by atoms with van der Waals surface area (Å²) in [5.41, 5.74) is 3.29. The molecule has 1 aromatic heterocycles. The van der Waals surface area contributed by atoms with Crippen LogP contribution in [0.15, 0.2) is 30.3 Å². The molecule has 4 nitrogen and oxygen atoms in total. The van der Waals surface area contributed by atoms with Crippen molar-refractivity contribution in [2.45, 2.75) is 6.54 Å². The van der Waals surface area contributed by atoms with Crippen LogP contribution >= 0.6 is 0 Å². The predicted octanol–water partition coefficient (Wildman–Crippen LogP) is 2.04. The van der Waals surface area contributed by atoms with Crippen LogP contribution in [0.25, 0.3) is 10.9 Å². The number of para-hydroxylation sites is 1. The fourth-order valence-corrected chi connectivity index (χ4v) is 2.15. The summed E-state index contributed by atoms with van der Waals surface area (Å²) in [6.45, 7) is 2.36. The molecule has 0 aliphatic carbocycles. The molecule has 0 unspecified atom stereocenters. The molecule has 102 valence electrons. The highest BCUT2D eigenvalue weighted by Crippen LogP contribution is 2.25. The van der Waals surface area contributed by atoms with Gasteiger partial charge in [0.25, 0.3) is 0 Å². The molecule has 0 saturated heterocycles. The maximum Gasteiger partial charge on any atom is 0.0726 e. The van der Waals surface area contributed by atoms with Crippen molar-refractivity contribution in [1.29, 1.82) is 0 Å². The molecule has 0 amide bonds. The molecule has 0 fully saturated rings. The Morgan fingerprint density at radius 3 is 2.84 bits per heavy atom. The lowest BCUT2D eigenvalue weighted by atomic mass is 10.1. The molecule has 0 aliphatic heterocycles. The number of anilines is 1. The van der Waals surface area contributed by atoms with Gasteiger partial charge in [-0.3, -0.25) is 4.98 Å². The number of methoxy groups -OCH3 is 1. The van der Waals surface area contributed by atoms with E-state index < -0.39 is 0 Å². The number of aromatic nitrogens is 1. The van der Waals surface area contributed by atoms with Gasteiger partial charge in [0.1, 0.15) is 0 Å². The summed E-state index contributed by atoms with van der Waals surface area (Å²) in [6.07, 6.45) is 0. The zero-order valence-electron chi connectivity index (χ0n) is 11.8. The van der Waals surface area contributed by atoms with Gasteiger partial charge in [0.2, 0.25) is 0 Å². The summed E-state index contributed by atoms with van der Waals surface area (Å²) in [6, 6.07) is 10.4. The van der Waals surface area contributed by atoms with Crippen molar-refractivity contribution in [2.24, 2.45) is 0 Å². The van der Waals surface area contributed by atoms with Gasteiger partial charge in [-0.05, 0) is 19.2 Å². The van der Waals surface area contributed by atoms with Crippen molar-refractivity contribution in [3.63, 3.8) is 0 Å². The van der Waals surface area contributed by atoms with Crippen molar-refractivity contribution >= 4 is 16.6 Å². The number of nitrogens with one attached hydrogen (secondary N) is 1. The predicted molar refractivity (Wildman–Crippen MR) is 79.7 cm³/mol. The van der Waals surface area contributed by atoms with Crippen molar-refractivity contribution in [1.82, 2.24) is 10.3 Å². The maximum absolute atomic E-state index is 5.15. The van der Waals surface area contributed by atoms with E-state index in [4.69, 9.17) is 4.74 Å². The van der Waals surface area contributed by atoms with Crippen molar-refractivity contribution in [3.05, 3.63) is 36.0 Å². The second-order valence-electron chi connectivity index (χ2n) is 4.59. The number of rotatable bonds is 6. The summed E-state index contributed by atoms with van der Waals surface area (Å²) in [7, 11) is 5.75. The first-order chi connectivity index (χ1) is 9.26. The third-order valence-corrected chi connectivity index (χ3v) is 3.15. The van der Waals surface area contributed by atoms with E-state index in [0.717, 1.165) is 24.3 Å². The molecule has 1 aromatic carbocycles. The van der Waals surface area contributed by atoms with E-state index in [1.807, 2.05) is 13.1 Å². The number of likely N-dealkylation sites (N-methyl/N-ethyl adjacent to an activating group) is 1. The Labute approximate surface area is 114 Å². The van der Waals surface area contributed by atoms with Gasteiger partial charge in [0.05, 0.1) is 17.8 Å². The van der Waals surface area contributed by atoms with Crippen molar-refractivity contribution in [2.75, 3.05) is 39.3 Å². The van der Waals surface area contributed by atoms with Gasteiger partial charge < -0.3 is 15.0 Å². The number of ether oxygens (including phenoxy) is 1. The zero-order valence-corrected chi connectivity index (χ0v) is 11.8. The first kappa shape index (κ1) is 13.8. The van der Waals surface area contributed by atoms with Crippen LogP contribution in [0.2, 0.25) is 0 Å². The Hall–Kier alpha value is -1.65. The van der Waals surface area contributed by atoms with Crippen LogP contribution < -0.4 is 10.2 Å². The molecule has 0 saturated carbocycles. The van der Waals surface area contributed by atoms with E-state index in [-0.39, 0.29) is 0 Å². The minimum atomic E-state index is 0.717. The number of benzene rings is 1. The first-order valence-electron chi connectivity index (χ1n) is 6.49. The van der Waals surface area contributed by atoms with E-state index >= 15 is 0 Å². The Kier molecular flexibility index (Phi) is 4.71. The van der Waals surface area contributed by atoms with Crippen LogP contribution in [0.5, 0.6) is 0 Å². The standard InChI is InChI=1S/C15H21N3O/c1-16-11-12-10-15(18(2)8-9-19-3)13-6-4-5-7-14(13)17-12/h4-7,10,16H,8-9,11H2,1-3H3. The Morgan fingerprint density at radius 1 is 1.32 bits per heavy atom. The molecule has 0 atom stereocenters. The average Bonchev–Trinajstić information content (AvgIpc) is 2.44. The van der Waals surface area contributed by atoms with Gasteiger partial charge in [-0.25, -0.2) is 0 Å². The maximum atomic E-state index is 5.15. The largest absolute Gasteiger partial charge is 0.383 e. The Morgan fingerprint density at radius 2 is 2.11 bits per heavy atom. The third-order valence-electron chi connectivity index (χ3n) is 3.15. The van der Waals surface area contributed by atoms with Crippen LogP contribution in [-0.2, 0) is 11.3 Å². The summed E-state index contributed by atoms with van der Waals surface area (Å²) < 4.78 is 5.15. The summed E-state index contributed by atoms with van der Waals surface area (Å²) in [5, 5.41) is 4.33. The highest BCUT2D eigenvalue weighted by Gasteiger charge is 2.09. The SMILES string of the molecule is CNCc1cc(N(C)CCOC)c2ccccc2n1. The molecular formula is C15H21N3O. The Bertz CT molecular complexity index is 542. The molecule has 0 bridgehead atoms. The van der Waals surface area contributed by atoms with Crippen LogP contribution in [0, 0.1) is 0 Å². The average molecular weight is 259 g/mol. The monoisotopic (exact) mass is 259 g/mol. The van der Waals surface area contributed by atoms with E-state index in [1.165, 1.54) is 11.1 Å². The molecule has 0 spiro atoms. The van der Waals surface area contributed by atoms with Crippen LogP contribution in [0.1, 0.15) is 5.69 Å². The minimum absolute atomic E-state index is 0.717. The quantitative estimate of drug-likeness (QED) is 0.861.